The predicted octanol–water partition coefficient (Wildman–Crippen LogP) is 19.3. The van der Waals surface area contributed by atoms with Crippen LogP contribution in [0.5, 0.6) is 34.5 Å². The number of benzene rings is 4. The molecule has 1 aliphatic rings. The molecule has 0 saturated carbocycles. The lowest BCUT2D eigenvalue weighted by Crippen LogP contribution is -2.16. The van der Waals surface area contributed by atoms with E-state index >= 15 is 0 Å². The van der Waals surface area contributed by atoms with Crippen LogP contribution in [0.15, 0.2) is 109 Å². The average molecular weight is 1060 g/mol. The van der Waals surface area contributed by atoms with Crippen molar-refractivity contribution in [3.63, 3.8) is 0 Å². The van der Waals surface area contributed by atoms with Crippen molar-refractivity contribution in [3.05, 3.63) is 120 Å². The number of ether oxygens (including phenoxy) is 6. The molecule has 0 aliphatic heterocycles. The van der Waals surface area contributed by atoms with E-state index in [1.807, 2.05) is 24.3 Å². The SMILES string of the molecule is CCCCCCCCCCCCOc1cc(C(=O)Oc2ccc(-c3ccc(OC(=O)c4ccc(OC(=O)C5C=CC=C5)cc4)cc3)cc2)cc(OCCCCCCCCCCCC)c1OCCCCCCCCCCCC. The normalized spacial score (nSPS) is 12.0. The predicted molar refractivity (Wildman–Crippen MR) is 314 cm³/mol. The third-order valence-corrected chi connectivity index (χ3v) is 14.3. The first-order valence-electron chi connectivity index (χ1n) is 30.3. The first kappa shape index (κ1) is 62.0. The van der Waals surface area contributed by atoms with Crippen molar-refractivity contribution in [2.45, 2.75) is 213 Å². The van der Waals surface area contributed by atoms with Gasteiger partial charge in [-0.15, -0.1) is 0 Å². The molecule has 0 amide bonds. The third kappa shape index (κ3) is 25.0. The quantitative estimate of drug-likeness (QED) is 0.0243. The van der Waals surface area contributed by atoms with Gasteiger partial charge in [0.2, 0.25) is 5.75 Å². The lowest BCUT2D eigenvalue weighted by Gasteiger charge is -2.19. The fourth-order valence-electron chi connectivity index (χ4n) is 9.55. The minimum absolute atomic E-state index is 0.324. The maximum absolute atomic E-state index is 14.1. The van der Waals surface area contributed by atoms with Crippen LogP contribution in [0.3, 0.4) is 0 Å². The van der Waals surface area contributed by atoms with Crippen molar-refractivity contribution in [1.29, 1.82) is 0 Å². The number of hydrogen-bond acceptors (Lipinski definition) is 9. The molecule has 9 heteroatoms. The van der Waals surface area contributed by atoms with Gasteiger partial charge in [0.1, 0.15) is 17.2 Å². The molecule has 0 heterocycles. The van der Waals surface area contributed by atoms with E-state index in [9.17, 15) is 14.4 Å². The lowest BCUT2D eigenvalue weighted by atomic mass is 10.1. The first-order valence-corrected chi connectivity index (χ1v) is 30.3. The number of esters is 3. The number of rotatable bonds is 43. The highest BCUT2D eigenvalue weighted by atomic mass is 16.6. The van der Waals surface area contributed by atoms with Crippen LogP contribution in [0, 0.1) is 5.92 Å². The second-order valence-corrected chi connectivity index (χ2v) is 21.0. The smallest absolute Gasteiger partial charge is 0.343 e. The van der Waals surface area contributed by atoms with E-state index < -0.39 is 17.9 Å². The number of unbranched alkanes of at least 4 members (excludes halogenated alkanes) is 27. The van der Waals surface area contributed by atoms with Crippen LogP contribution < -0.4 is 28.4 Å². The topological polar surface area (TPSA) is 107 Å². The zero-order valence-electron chi connectivity index (χ0n) is 47.5. The van der Waals surface area contributed by atoms with Crippen molar-refractivity contribution >= 4 is 17.9 Å². The van der Waals surface area contributed by atoms with Gasteiger partial charge in [0, 0.05) is 0 Å². The monoisotopic (exact) mass is 1050 g/mol. The second kappa shape index (κ2) is 38.7. The molecule has 0 atom stereocenters. The van der Waals surface area contributed by atoms with Crippen LogP contribution in [-0.2, 0) is 4.79 Å². The maximum Gasteiger partial charge on any atom is 0.343 e. The molecule has 0 N–H and O–H groups in total. The molecule has 0 aromatic heterocycles. The van der Waals surface area contributed by atoms with Crippen molar-refractivity contribution in [2.24, 2.45) is 5.92 Å². The zero-order chi connectivity index (χ0) is 54.4. The molecule has 0 fully saturated rings. The van der Waals surface area contributed by atoms with E-state index in [0.29, 0.717) is 65.4 Å². The van der Waals surface area contributed by atoms with E-state index in [2.05, 4.69) is 20.8 Å². The van der Waals surface area contributed by atoms with Gasteiger partial charge < -0.3 is 28.4 Å². The fraction of sp³-hybridized carbons (Fsp3) is 0.544. The largest absolute Gasteiger partial charge is 0.490 e. The highest BCUT2D eigenvalue weighted by Gasteiger charge is 2.22. The van der Waals surface area contributed by atoms with Crippen LogP contribution in [0.1, 0.15) is 234 Å². The molecule has 0 radical (unpaired) electrons. The molecule has 0 spiro atoms. The molecule has 0 bridgehead atoms. The molecular formula is C68H94O9. The van der Waals surface area contributed by atoms with Gasteiger partial charge in [-0.05, 0) is 91.1 Å². The second-order valence-electron chi connectivity index (χ2n) is 21.0. The molecule has 77 heavy (non-hydrogen) atoms. The minimum atomic E-state index is -0.532. The van der Waals surface area contributed by atoms with Gasteiger partial charge in [0.05, 0.1) is 36.9 Å². The molecular weight excluding hydrogens is 961 g/mol. The summed E-state index contributed by atoms with van der Waals surface area (Å²) < 4.78 is 36.7. The Balaban J connectivity index is 1.21. The van der Waals surface area contributed by atoms with E-state index in [-0.39, 0.29) is 5.97 Å². The summed E-state index contributed by atoms with van der Waals surface area (Å²) in [5.41, 5.74) is 2.45. The van der Waals surface area contributed by atoms with Crippen LogP contribution in [0.4, 0.5) is 0 Å². The Morgan fingerprint density at radius 3 is 1.04 bits per heavy atom. The summed E-state index contributed by atoms with van der Waals surface area (Å²) in [7, 11) is 0. The Bertz CT molecular complexity index is 2240. The Morgan fingerprint density at radius 1 is 0.351 bits per heavy atom. The van der Waals surface area contributed by atoms with E-state index in [4.69, 9.17) is 28.4 Å². The summed E-state index contributed by atoms with van der Waals surface area (Å²) in [4.78, 5) is 39.4. The van der Waals surface area contributed by atoms with Gasteiger partial charge in [-0.25, -0.2) is 9.59 Å². The van der Waals surface area contributed by atoms with Crippen LogP contribution in [0.25, 0.3) is 11.1 Å². The lowest BCUT2D eigenvalue weighted by molar-refractivity contribution is -0.135. The van der Waals surface area contributed by atoms with Gasteiger partial charge in [-0.3, -0.25) is 4.79 Å². The minimum Gasteiger partial charge on any atom is -0.490 e. The maximum atomic E-state index is 14.1. The molecule has 4 aromatic carbocycles. The summed E-state index contributed by atoms with van der Waals surface area (Å²) in [6, 6.07) is 24.4. The van der Waals surface area contributed by atoms with Gasteiger partial charge in [-0.1, -0.05) is 243 Å². The highest BCUT2D eigenvalue weighted by Crippen LogP contribution is 2.40. The van der Waals surface area contributed by atoms with E-state index in [1.165, 1.54) is 154 Å². The number of allylic oxidation sites excluding steroid dienone is 2. The fourth-order valence-corrected chi connectivity index (χ4v) is 9.55. The van der Waals surface area contributed by atoms with Gasteiger partial charge in [0.25, 0.3) is 0 Å². The van der Waals surface area contributed by atoms with Gasteiger partial charge >= 0.3 is 17.9 Å². The molecule has 4 aromatic rings. The van der Waals surface area contributed by atoms with Crippen LogP contribution >= 0.6 is 0 Å². The molecule has 420 valence electrons. The van der Waals surface area contributed by atoms with Crippen LogP contribution in [-0.4, -0.2) is 37.7 Å². The summed E-state index contributed by atoms with van der Waals surface area (Å²) in [5.74, 6) is 0.925. The molecule has 1 aliphatic carbocycles. The van der Waals surface area contributed by atoms with Gasteiger partial charge in [0.15, 0.2) is 11.5 Å². The first-order chi connectivity index (χ1) is 37.9. The Morgan fingerprint density at radius 2 is 0.662 bits per heavy atom. The van der Waals surface area contributed by atoms with Crippen molar-refractivity contribution in [3.8, 4) is 45.6 Å². The molecule has 0 saturated heterocycles. The van der Waals surface area contributed by atoms with Crippen LogP contribution in [0.2, 0.25) is 0 Å². The summed E-state index contributed by atoms with van der Waals surface area (Å²) in [5, 5.41) is 0. The Labute approximate surface area is 463 Å². The van der Waals surface area contributed by atoms with Crippen molar-refractivity contribution in [2.75, 3.05) is 19.8 Å². The number of carbonyl (C=O) groups excluding carboxylic acids is 3. The molecule has 9 nitrogen and oxygen atoms in total. The Kier molecular flexibility index (Phi) is 31.1. The van der Waals surface area contributed by atoms with E-state index in [0.717, 1.165) is 49.7 Å². The standard InChI is InChI=1S/C68H94O9/c1-4-7-10-13-16-19-22-25-28-33-50-72-63-53-59(54-64(73-51-34-29-26-23-20-17-14-11-8-5-2)65(63)74-52-35-30-27-24-21-18-15-12-9-6-3)68(71)77-61-46-40-56(41-47-61)55-38-44-60(45-39-55)76-67(70)58-42-48-62(49-43-58)75-66(69)57-36-31-32-37-57/h31-32,36-49,53-54,57H,4-30,33-35,50-52H2,1-3H3. The summed E-state index contributed by atoms with van der Waals surface area (Å²) >= 11 is 0. The summed E-state index contributed by atoms with van der Waals surface area (Å²) in [6.07, 6.45) is 44.3. The number of hydrogen-bond donors (Lipinski definition) is 0. The molecule has 5 rings (SSSR count). The Hall–Kier alpha value is -5.83. The van der Waals surface area contributed by atoms with Gasteiger partial charge in [-0.2, -0.15) is 0 Å². The van der Waals surface area contributed by atoms with E-state index in [1.54, 1.807) is 85.0 Å². The number of carbonyl (C=O) groups is 3. The molecule has 0 unspecified atom stereocenters. The zero-order valence-corrected chi connectivity index (χ0v) is 47.5. The average Bonchev–Trinajstić information content (AvgIpc) is 4.01. The van der Waals surface area contributed by atoms with Crippen molar-refractivity contribution in [1.82, 2.24) is 0 Å². The van der Waals surface area contributed by atoms with Crippen molar-refractivity contribution < 1.29 is 42.8 Å². The summed E-state index contributed by atoms with van der Waals surface area (Å²) in [6.45, 7) is 8.40. The third-order valence-electron chi connectivity index (χ3n) is 14.3. The highest BCUT2D eigenvalue weighted by molar-refractivity contribution is 5.93.